The van der Waals surface area contributed by atoms with Crippen molar-refractivity contribution in [3.8, 4) is 5.75 Å². The lowest BCUT2D eigenvalue weighted by Crippen LogP contribution is -2.36. The highest BCUT2D eigenvalue weighted by Crippen LogP contribution is 2.32. The average molecular weight is 468 g/mol. The van der Waals surface area contributed by atoms with Crippen LogP contribution >= 0.6 is 11.8 Å². The van der Waals surface area contributed by atoms with Crippen molar-refractivity contribution in [3.05, 3.63) is 59.0 Å². The smallest absolute Gasteiger partial charge is 0.294 e. The van der Waals surface area contributed by atoms with Crippen molar-refractivity contribution in [3.63, 3.8) is 0 Å². The van der Waals surface area contributed by atoms with Crippen molar-refractivity contribution < 1.29 is 23.9 Å². The molecule has 0 unspecified atom stereocenters. The third-order valence-electron chi connectivity index (χ3n) is 5.19. The Morgan fingerprint density at radius 1 is 1.09 bits per heavy atom. The topological polar surface area (TPSA) is 88.2 Å². The number of ether oxygens (including phenoxy) is 2. The van der Waals surface area contributed by atoms with Crippen LogP contribution in [-0.4, -0.2) is 61.4 Å². The van der Waals surface area contributed by atoms with Gasteiger partial charge in [-0.1, -0.05) is 12.1 Å². The first-order valence-corrected chi connectivity index (χ1v) is 11.6. The zero-order chi connectivity index (χ0) is 23.2. The van der Waals surface area contributed by atoms with Gasteiger partial charge < -0.3 is 19.7 Å². The largest absolute Gasteiger partial charge is 0.494 e. The third kappa shape index (κ3) is 5.74. The molecule has 2 aromatic carbocycles. The van der Waals surface area contributed by atoms with Gasteiger partial charge in [0.2, 0.25) is 5.91 Å². The number of hydrogen-bond acceptors (Lipinski definition) is 7. The summed E-state index contributed by atoms with van der Waals surface area (Å²) in [6, 6.07) is 14.7. The number of amides is 3. The lowest BCUT2D eigenvalue weighted by atomic mass is 10.1. The molecule has 2 aliphatic rings. The normalized spacial score (nSPS) is 17.5. The molecule has 8 nitrogen and oxygen atoms in total. The number of thioether (sulfide) groups is 1. The van der Waals surface area contributed by atoms with Crippen LogP contribution in [0.1, 0.15) is 12.5 Å². The number of rotatable bonds is 7. The van der Waals surface area contributed by atoms with E-state index in [1.807, 2.05) is 31.2 Å². The van der Waals surface area contributed by atoms with Gasteiger partial charge in [-0.05, 0) is 66.7 Å². The predicted octanol–water partition coefficient (Wildman–Crippen LogP) is 3.60. The van der Waals surface area contributed by atoms with Crippen LogP contribution in [0.15, 0.2) is 53.4 Å². The Labute approximate surface area is 196 Å². The molecule has 0 aromatic heterocycles. The van der Waals surface area contributed by atoms with Gasteiger partial charge >= 0.3 is 0 Å². The molecule has 0 aliphatic carbocycles. The predicted molar refractivity (Wildman–Crippen MR) is 128 cm³/mol. The summed E-state index contributed by atoms with van der Waals surface area (Å²) in [6.45, 7) is 5.21. The van der Waals surface area contributed by atoms with Crippen molar-refractivity contribution >= 4 is 46.3 Å². The first-order chi connectivity index (χ1) is 16.0. The lowest BCUT2D eigenvalue weighted by molar-refractivity contribution is -0.127. The zero-order valence-electron chi connectivity index (χ0n) is 18.3. The van der Waals surface area contributed by atoms with Crippen molar-refractivity contribution in [1.29, 1.82) is 0 Å². The van der Waals surface area contributed by atoms with Crippen LogP contribution in [0.4, 0.5) is 16.2 Å². The number of carbonyl (C=O) groups is 3. The Kier molecular flexibility index (Phi) is 7.31. The standard InChI is InChI=1S/C24H25N3O5S/c1-2-32-20-9-5-18(6-10-20)25-22(28)16-27-23(29)21(33-24(27)30)15-17-3-7-19(8-4-17)26-11-13-31-14-12-26/h3-10,15H,2,11-14,16H2,1H3,(H,25,28)/b21-15-. The summed E-state index contributed by atoms with van der Waals surface area (Å²) in [5.41, 5.74) is 2.47. The number of nitrogens with zero attached hydrogens (tertiary/aromatic N) is 2. The molecule has 1 N–H and O–H groups in total. The van der Waals surface area contributed by atoms with Crippen molar-refractivity contribution in [2.45, 2.75) is 6.92 Å². The number of hydrogen-bond donors (Lipinski definition) is 1. The summed E-state index contributed by atoms with van der Waals surface area (Å²) in [5, 5.41) is 2.24. The summed E-state index contributed by atoms with van der Waals surface area (Å²) in [7, 11) is 0. The van der Waals surface area contributed by atoms with Crippen LogP contribution in [0.3, 0.4) is 0 Å². The molecule has 172 valence electrons. The second-order valence-electron chi connectivity index (χ2n) is 7.46. The highest BCUT2D eigenvalue weighted by molar-refractivity contribution is 8.18. The summed E-state index contributed by atoms with van der Waals surface area (Å²) in [6.07, 6.45) is 1.68. The maximum Gasteiger partial charge on any atom is 0.294 e. The van der Waals surface area contributed by atoms with Crippen LogP contribution < -0.4 is 15.0 Å². The molecule has 2 heterocycles. The van der Waals surface area contributed by atoms with E-state index in [0.717, 1.165) is 41.0 Å². The number of anilines is 2. The molecule has 4 rings (SSSR count). The first-order valence-electron chi connectivity index (χ1n) is 10.7. The molecule has 2 aliphatic heterocycles. The molecule has 33 heavy (non-hydrogen) atoms. The van der Waals surface area contributed by atoms with Crippen molar-refractivity contribution in [1.82, 2.24) is 4.90 Å². The lowest BCUT2D eigenvalue weighted by Gasteiger charge is -2.28. The Balaban J connectivity index is 1.36. The van der Waals surface area contributed by atoms with Gasteiger partial charge in [0.05, 0.1) is 24.7 Å². The molecule has 0 spiro atoms. The fraction of sp³-hybridized carbons (Fsp3) is 0.292. The van der Waals surface area contributed by atoms with E-state index in [-0.39, 0.29) is 6.54 Å². The van der Waals surface area contributed by atoms with Gasteiger partial charge in [0, 0.05) is 24.5 Å². The zero-order valence-corrected chi connectivity index (χ0v) is 19.1. The summed E-state index contributed by atoms with van der Waals surface area (Å²) in [5.74, 6) is -0.216. The molecule has 0 bridgehead atoms. The van der Waals surface area contributed by atoms with E-state index in [1.165, 1.54) is 0 Å². The quantitative estimate of drug-likeness (QED) is 0.623. The van der Waals surface area contributed by atoms with E-state index in [0.29, 0.717) is 36.2 Å². The minimum absolute atomic E-state index is 0.299. The molecule has 2 aromatic rings. The number of carbonyl (C=O) groups excluding carboxylic acids is 3. The fourth-order valence-electron chi connectivity index (χ4n) is 3.54. The summed E-state index contributed by atoms with van der Waals surface area (Å²) >= 11 is 0.840. The number of morpholine rings is 1. The van der Waals surface area contributed by atoms with E-state index in [1.54, 1.807) is 30.3 Å². The summed E-state index contributed by atoms with van der Waals surface area (Å²) in [4.78, 5) is 41.0. The van der Waals surface area contributed by atoms with Crippen LogP contribution in [0.5, 0.6) is 5.75 Å². The van der Waals surface area contributed by atoms with Crippen molar-refractivity contribution in [2.24, 2.45) is 0 Å². The minimum Gasteiger partial charge on any atom is -0.494 e. The number of nitrogens with one attached hydrogen (secondary N) is 1. The Hall–Kier alpha value is -3.30. The van der Waals surface area contributed by atoms with Crippen LogP contribution in [0.25, 0.3) is 6.08 Å². The highest BCUT2D eigenvalue weighted by atomic mass is 32.2. The fourth-order valence-corrected chi connectivity index (χ4v) is 4.37. The third-order valence-corrected chi connectivity index (χ3v) is 6.10. The van der Waals surface area contributed by atoms with E-state index in [2.05, 4.69) is 10.2 Å². The van der Waals surface area contributed by atoms with Gasteiger partial charge in [-0.2, -0.15) is 0 Å². The second-order valence-corrected chi connectivity index (χ2v) is 8.46. The van der Waals surface area contributed by atoms with Crippen molar-refractivity contribution in [2.75, 3.05) is 49.7 Å². The molecule has 0 saturated carbocycles. The van der Waals surface area contributed by atoms with Crippen LogP contribution in [-0.2, 0) is 14.3 Å². The highest BCUT2D eigenvalue weighted by Gasteiger charge is 2.36. The van der Waals surface area contributed by atoms with E-state index in [4.69, 9.17) is 9.47 Å². The molecular weight excluding hydrogens is 442 g/mol. The second kappa shape index (κ2) is 10.5. The Bertz CT molecular complexity index is 1050. The Morgan fingerprint density at radius 3 is 2.45 bits per heavy atom. The van der Waals surface area contributed by atoms with Gasteiger partial charge in [-0.3, -0.25) is 19.3 Å². The molecule has 0 radical (unpaired) electrons. The van der Waals surface area contributed by atoms with Crippen LogP contribution in [0, 0.1) is 0 Å². The maximum atomic E-state index is 12.7. The molecule has 9 heteroatoms. The molecule has 2 fully saturated rings. The van der Waals surface area contributed by atoms with Gasteiger partial charge in [-0.15, -0.1) is 0 Å². The minimum atomic E-state index is -0.468. The summed E-state index contributed by atoms with van der Waals surface area (Å²) < 4.78 is 10.8. The van der Waals surface area contributed by atoms with E-state index >= 15 is 0 Å². The monoisotopic (exact) mass is 467 g/mol. The number of imide groups is 1. The average Bonchev–Trinajstić information content (AvgIpc) is 3.09. The van der Waals surface area contributed by atoms with Crippen LogP contribution in [0.2, 0.25) is 0 Å². The molecular formula is C24H25N3O5S. The van der Waals surface area contributed by atoms with E-state index in [9.17, 15) is 14.4 Å². The van der Waals surface area contributed by atoms with Gasteiger partial charge in [-0.25, -0.2) is 0 Å². The first kappa shape index (κ1) is 22.9. The van der Waals surface area contributed by atoms with Gasteiger partial charge in [0.15, 0.2) is 0 Å². The molecule has 0 atom stereocenters. The van der Waals surface area contributed by atoms with E-state index < -0.39 is 17.1 Å². The number of benzene rings is 2. The maximum absolute atomic E-state index is 12.7. The molecule has 2 saturated heterocycles. The Morgan fingerprint density at radius 2 is 1.79 bits per heavy atom. The SMILES string of the molecule is CCOc1ccc(NC(=O)CN2C(=O)S/C(=C\c3ccc(N4CCOCC4)cc3)C2=O)cc1. The molecule has 3 amide bonds. The van der Waals surface area contributed by atoms with Gasteiger partial charge in [0.25, 0.3) is 11.1 Å². The van der Waals surface area contributed by atoms with Gasteiger partial charge in [0.1, 0.15) is 12.3 Å².